The minimum atomic E-state index is 0.331. The van der Waals surface area contributed by atoms with E-state index in [1.807, 2.05) is 11.9 Å². The molecule has 2 aromatic rings. The largest absolute Gasteiger partial charge is 0.343 e. The number of hydrogen-bond donors (Lipinski definition) is 0. The van der Waals surface area contributed by atoms with Crippen LogP contribution in [0.15, 0.2) is 36.4 Å². The predicted molar refractivity (Wildman–Crippen MR) is 122 cm³/mol. The highest BCUT2D eigenvalue weighted by molar-refractivity contribution is 5.78. The summed E-state index contributed by atoms with van der Waals surface area (Å²) >= 11 is 0. The van der Waals surface area contributed by atoms with Crippen molar-refractivity contribution in [2.24, 2.45) is 5.92 Å². The Hall–Kier alpha value is -1.98. The van der Waals surface area contributed by atoms with Crippen molar-refractivity contribution < 1.29 is 4.79 Å². The van der Waals surface area contributed by atoms with Crippen LogP contribution < -0.4 is 0 Å². The topological polar surface area (TPSA) is 39.7 Å². The third-order valence-corrected chi connectivity index (χ3v) is 7.04. The molecule has 1 aromatic heterocycles. The van der Waals surface area contributed by atoms with Crippen LogP contribution in [0.25, 0.3) is 10.9 Å². The summed E-state index contributed by atoms with van der Waals surface area (Å²) in [5.41, 5.74) is 2.22. The summed E-state index contributed by atoms with van der Waals surface area (Å²) in [6, 6.07) is 13.1. The second kappa shape index (κ2) is 9.88. The van der Waals surface area contributed by atoms with Crippen molar-refractivity contribution in [1.82, 2.24) is 19.7 Å². The van der Waals surface area contributed by atoms with Gasteiger partial charge in [-0.1, -0.05) is 24.3 Å². The van der Waals surface area contributed by atoms with Crippen LogP contribution in [-0.2, 0) is 11.3 Å². The molecule has 5 nitrogen and oxygen atoms in total. The summed E-state index contributed by atoms with van der Waals surface area (Å²) in [6.45, 7) is 5.32. The third-order valence-electron chi connectivity index (χ3n) is 7.04. The van der Waals surface area contributed by atoms with Crippen molar-refractivity contribution in [1.29, 1.82) is 0 Å². The molecule has 1 amide bonds. The lowest BCUT2D eigenvalue weighted by molar-refractivity contribution is -0.133. The third kappa shape index (κ3) is 5.38. The van der Waals surface area contributed by atoms with E-state index < -0.39 is 0 Å². The number of fused-ring (bicyclic) bond motifs is 1. The number of carbonyl (C=O) groups is 1. The van der Waals surface area contributed by atoms with Crippen molar-refractivity contribution in [3.8, 4) is 0 Å². The van der Waals surface area contributed by atoms with Crippen LogP contribution in [0.5, 0.6) is 0 Å². The van der Waals surface area contributed by atoms with Crippen LogP contribution in [0.4, 0.5) is 0 Å². The Morgan fingerprint density at radius 2 is 1.90 bits per heavy atom. The van der Waals surface area contributed by atoms with Crippen molar-refractivity contribution in [3.05, 3.63) is 42.1 Å². The number of aromatic nitrogens is 1. The van der Waals surface area contributed by atoms with Crippen LogP contribution in [0.1, 0.15) is 44.2 Å². The number of benzene rings is 1. The summed E-state index contributed by atoms with van der Waals surface area (Å²) < 4.78 is 0. The van der Waals surface area contributed by atoms with E-state index in [9.17, 15) is 4.79 Å². The molecule has 2 saturated heterocycles. The SMILES string of the molecule is CN1CCC(N(C)C(=O)CC[C@@H]2CCCN(Cc3ccc4ccccc4n3)C2)CC1. The summed E-state index contributed by atoms with van der Waals surface area (Å²) in [4.78, 5) is 24.5. The maximum Gasteiger partial charge on any atom is 0.222 e. The highest BCUT2D eigenvalue weighted by Crippen LogP contribution is 2.24. The number of para-hydroxylation sites is 1. The zero-order valence-electron chi connectivity index (χ0n) is 18.6. The molecular formula is C25H36N4O. The van der Waals surface area contributed by atoms with Gasteiger partial charge in [0.1, 0.15) is 0 Å². The van der Waals surface area contributed by atoms with E-state index >= 15 is 0 Å². The first-order valence-corrected chi connectivity index (χ1v) is 11.6. The van der Waals surface area contributed by atoms with E-state index in [2.05, 4.69) is 53.2 Å². The van der Waals surface area contributed by atoms with E-state index in [-0.39, 0.29) is 0 Å². The Labute approximate surface area is 181 Å². The second-order valence-electron chi connectivity index (χ2n) is 9.32. The number of amides is 1. The monoisotopic (exact) mass is 408 g/mol. The molecule has 3 heterocycles. The van der Waals surface area contributed by atoms with E-state index in [1.54, 1.807) is 0 Å². The Bertz CT molecular complexity index is 846. The van der Waals surface area contributed by atoms with Crippen LogP contribution in [0.2, 0.25) is 0 Å². The average molecular weight is 409 g/mol. The highest BCUT2D eigenvalue weighted by Gasteiger charge is 2.26. The Kier molecular flexibility index (Phi) is 7.00. The van der Waals surface area contributed by atoms with Crippen molar-refractivity contribution >= 4 is 16.8 Å². The molecule has 30 heavy (non-hydrogen) atoms. The van der Waals surface area contributed by atoms with E-state index in [0.29, 0.717) is 24.3 Å². The van der Waals surface area contributed by atoms with Gasteiger partial charge in [0, 0.05) is 38.0 Å². The molecular weight excluding hydrogens is 372 g/mol. The molecule has 0 bridgehead atoms. The van der Waals surface area contributed by atoms with Gasteiger partial charge in [-0.2, -0.15) is 0 Å². The lowest BCUT2D eigenvalue weighted by atomic mass is 9.92. The number of rotatable bonds is 6. The van der Waals surface area contributed by atoms with Crippen LogP contribution in [-0.4, -0.2) is 71.9 Å². The molecule has 1 aromatic carbocycles. The van der Waals surface area contributed by atoms with Crippen molar-refractivity contribution in [3.63, 3.8) is 0 Å². The van der Waals surface area contributed by atoms with Gasteiger partial charge in [0.05, 0.1) is 11.2 Å². The molecule has 0 radical (unpaired) electrons. The molecule has 0 N–H and O–H groups in total. The summed E-state index contributed by atoms with van der Waals surface area (Å²) in [6.07, 6.45) is 6.38. The predicted octanol–water partition coefficient (Wildman–Crippen LogP) is 3.78. The van der Waals surface area contributed by atoms with Gasteiger partial charge < -0.3 is 9.80 Å². The fourth-order valence-electron chi connectivity index (χ4n) is 5.05. The van der Waals surface area contributed by atoms with Gasteiger partial charge in [-0.05, 0) is 76.8 Å². The fourth-order valence-corrected chi connectivity index (χ4v) is 5.05. The summed E-state index contributed by atoms with van der Waals surface area (Å²) in [7, 11) is 4.18. The average Bonchev–Trinajstić information content (AvgIpc) is 2.78. The number of pyridine rings is 1. The first kappa shape index (κ1) is 21.3. The number of hydrogen-bond acceptors (Lipinski definition) is 4. The summed E-state index contributed by atoms with van der Waals surface area (Å²) in [5.74, 6) is 0.951. The maximum atomic E-state index is 12.8. The highest BCUT2D eigenvalue weighted by atomic mass is 16.2. The molecule has 5 heteroatoms. The van der Waals surface area contributed by atoms with Crippen LogP contribution in [0, 0.1) is 5.92 Å². The lowest BCUT2D eigenvalue weighted by Crippen LogP contribution is -2.44. The normalized spacial score (nSPS) is 21.7. The smallest absolute Gasteiger partial charge is 0.222 e. The molecule has 4 rings (SSSR count). The maximum absolute atomic E-state index is 12.8. The van der Waals surface area contributed by atoms with E-state index in [1.165, 1.54) is 18.2 Å². The van der Waals surface area contributed by atoms with Gasteiger partial charge in [-0.3, -0.25) is 14.7 Å². The molecule has 1 atom stereocenters. The molecule has 162 valence electrons. The van der Waals surface area contributed by atoms with E-state index in [0.717, 1.165) is 63.2 Å². The Morgan fingerprint density at radius 1 is 1.10 bits per heavy atom. The Morgan fingerprint density at radius 3 is 2.73 bits per heavy atom. The van der Waals surface area contributed by atoms with Gasteiger partial charge in [0.2, 0.25) is 5.91 Å². The van der Waals surface area contributed by atoms with Gasteiger partial charge in [-0.25, -0.2) is 0 Å². The number of nitrogens with zero attached hydrogens (tertiary/aromatic N) is 4. The first-order chi connectivity index (χ1) is 14.6. The van der Waals surface area contributed by atoms with E-state index in [4.69, 9.17) is 4.98 Å². The second-order valence-corrected chi connectivity index (χ2v) is 9.32. The molecule has 0 spiro atoms. The minimum absolute atomic E-state index is 0.331. The number of piperidine rings is 2. The fraction of sp³-hybridized carbons (Fsp3) is 0.600. The van der Waals surface area contributed by atoms with Crippen LogP contribution in [0.3, 0.4) is 0 Å². The van der Waals surface area contributed by atoms with Crippen molar-refractivity contribution in [2.75, 3.05) is 40.3 Å². The lowest BCUT2D eigenvalue weighted by Gasteiger charge is -2.36. The van der Waals surface area contributed by atoms with Gasteiger partial charge >= 0.3 is 0 Å². The number of likely N-dealkylation sites (tertiary alicyclic amines) is 2. The molecule has 2 fully saturated rings. The quantitative estimate of drug-likeness (QED) is 0.729. The van der Waals surface area contributed by atoms with Gasteiger partial charge in [0.15, 0.2) is 0 Å². The van der Waals surface area contributed by atoms with Gasteiger partial charge in [0.25, 0.3) is 0 Å². The first-order valence-electron chi connectivity index (χ1n) is 11.6. The number of carbonyl (C=O) groups excluding carboxylic acids is 1. The summed E-state index contributed by atoms with van der Waals surface area (Å²) in [5, 5.41) is 1.20. The molecule has 0 unspecified atom stereocenters. The Balaban J connectivity index is 1.25. The van der Waals surface area contributed by atoms with Crippen molar-refractivity contribution in [2.45, 2.75) is 51.1 Å². The standard InChI is InChI=1S/C25H36N4O/c1-27-16-13-23(14-17-27)28(2)25(30)12-9-20-6-5-15-29(18-20)19-22-11-10-21-7-3-4-8-24(21)26-22/h3-4,7-8,10-11,20,23H,5-6,9,12-19H2,1-2H3/t20-/m0/s1. The molecule has 2 aliphatic rings. The molecule has 2 aliphatic heterocycles. The zero-order valence-corrected chi connectivity index (χ0v) is 18.6. The molecule has 0 saturated carbocycles. The minimum Gasteiger partial charge on any atom is -0.343 e. The van der Waals surface area contributed by atoms with Crippen LogP contribution >= 0.6 is 0 Å². The van der Waals surface area contributed by atoms with Gasteiger partial charge in [-0.15, -0.1) is 0 Å². The molecule has 0 aliphatic carbocycles. The zero-order chi connectivity index (χ0) is 20.9.